The molecule has 0 aliphatic carbocycles. The van der Waals surface area contributed by atoms with E-state index in [1.807, 2.05) is 6.92 Å². The van der Waals surface area contributed by atoms with Crippen LogP contribution in [0.2, 0.25) is 0 Å². The quantitative estimate of drug-likeness (QED) is 0.775. The maximum Gasteiger partial charge on any atom is 0.270 e. The summed E-state index contributed by atoms with van der Waals surface area (Å²) < 4.78 is 18.8. The maximum atomic E-state index is 13.2. The van der Waals surface area contributed by atoms with Crippen molar-refractivity contribution >= 4 is 17.2 Å². The van der Waals surface area contributed by atoms with Gasteiger partial charge in [0.05, 0.1) is 11.6 Å². The van der Waals surface area contributed by atoms with Gasteiger partial charge in [-0.05, 0) is 25.1 Å². The van der Waals surface area contributed by atoms with Crippen molar-refractivity contribution < 1.29 is 13.9 Å². The number of carbonyl (C=O) groups is 1. The monoisotopic (exact) mass is 337 g/mol. The van der Waals surface area contributed by atoms with Crippen molar-refractivity contribution in [1.82, 2.24) is 10.3 Å². The maximum absolute atomic E-state index is 13.2. The van der Waals surface area contributed by atoms with Gasteiger partial charge in [-0.1, -0.05) is 13.0 Å². The van der Waals surface area contributed by atoms with Crippen LogP contribution in [-0.2, 0) is 6.42 Å². The topological polar surface area (TPSA) is 77.2 Å². The lowest BCUT2D eigenvalue weighted by Gasteiger charge is -2.18. The van der Waals surface area contributed by atoms with Crippen LogP contribution < -0.4 is 15.8 Å². The highest BCUT2D eigenvalue weighted by atomic mass is 32.1. The summed E-state index contributed by atoms with van der Waals surface area (Å²) in [6.45, 7) is 2.78. The average Bonchev–Trinajstić information content (AvgIpc) is 3.00. The molecule has 0 saturated heterocycles. The standard InChI is InChI=1S/C16H20FN3O2S/c1-2-12(22-13-5-3-4-11(17)8-13)9-19-16(21)14-10-23-15(20-14)6-7-18/h3-5,8,10,12H,2,6-7,9,18H2,1H3,(H,19,21). The Morgan fingerprint density at radius 3 is 3.04 bits per heavy atom. The molecule has 1 aromatic heterocycles. The summed E-state index contributed by atoms with van der Waals surface area (Å²) in [5, 5.41) is 5.36. The van der Waals surface area contributed by atoms with Gasteiger partial charge in [0.1, 0.15) is 23.4 Å². The van der Waals surface area contributed by atoms with Gasteiger partial charge in [-0.3, -0.25) is 4.79 Å². The van der Waals surface area contributed by atoms with Crippen LogP contribution in [0.3, 0.4) is 0 Å². The van der Waals surface area contributed by atoms with E-state index < -0.39 is 0 Å². The fourth-order valence-electron chi connectivity index (χ4n) is 1.95. The highest BCUT2D eigenvalue weighted by Gasteiger charge is 2.14. The van der Waals surface area contributed by atoms with Crippen LogP contribution in [-0.4, -0.2) is 30.1 Å². The van der Waals surface area contributed by atoms with E-state index in [-0.39, 0.29) is 17.8 Å². The highest BCUT2D eigenvalue weighted by molar-refractivity contribution is 7.09. The Bertz CT molecular complexity index is 648. The van der Waals surface area contributed by atoms with Gasteiger partial charge in [-0.2, -0.15) is 0 Å². The predicted octanol–water partition coefficient (Wildman–Crippen LogP) is 2.37. The summed E-state index contributed by atoms with van der Waals surface area (Å²) in [6, 6.07) is 5.96. The fraction of sp³-hybridized carbons (Fsp3) is 0.375. The Labute approximate surface area is 138 Å². The van der Waals surface area contributed by atoms with Crippen LogP contribution in [0.15, 0.2) is 29.6 Å². The Morgan fingerprint density at radius 1 is 1.52 bits per heavy atom. The van der Waals surface area contributed by atoms with Crippen LogP contribution in [0.1, 0.15) is 28.8 Å². The van der Waals surface area contributed by atoms with Crippen molar-refractivity contribution in [3.63, 3.8) is 0 Å². The lowest BCUT2D eigenvalue weighted by atomic mass is 10.2. The average molecular weight is 337 g/mol. The molecule has 124 valence electrons. The third-order valence-corrected chi connectivity index (χ3v) is 4.10. The number of nitrogens with two attached hydrogens (primary N) is 1. The van der Waals surface area contributed by atoms with Gasteiger partial charge in [-0.15, -0.1) is 11.3 Å². The van der Waals surface area contributed by atoms with E-state index in [9.17, 15) is 9.18 Å². The lowest BCUT2D eigenvalue weighted by Crippen LogP contribution is -2.35. The minimum Gasteiger partial charge on any atom is -0.489 e. The zero-order chi connectivity index (χ0) is 16.7. The van der Waals surface area contributed by atoms with Crippen LogP contribution in [0.25, 0.3) is 0 Å². The number of ether oxygens (including phenoxy) is 1. The van der Waals surface area contributed by atoms with Crippen molar-refractivity contribution in [3.8, 4) is 5.75 Å². The summed E-state index contributed by atoms with van der Waals surface area (Å²) in [5.41, 5.74) is 5.86. The van der Waals surface area contributed by atoms with Gasteiger partial charge in [-0.25, -0.2) is 9.37 Å². The van der Waals surface area contributed by atoms with Crippen molar-refractivity contribution in [2.24, 2.45) is 5.73 Å². The van der Waals surface area contributed by atoms with E-state index in [0.29, 0.717) is 37.4 Å². The summed E-state index contributed by atoms with van der Waals surface area (Å²) in [4.78, 5) is 16.3. The third-order valence-electron chi connectivity index (χ3n) is 3.19. The van der Waals surface area contributed by atoms with Crippen molar-refractivity contribution in [3.05, 3.63) is 46.2 Å². The first-order valence-electron chi connectivity index (χ1n) is 7.47. The van der Waals surface area contributed by atoms with Crippen molar-refractivity contribution in [1.29, 1.82) is 0 Å². The van der Waals surface area contributed by atoms with Gasteiger partial charge in [0.2, 0.25) is 0 Å². The number of hydrogen-bond acceptors (Lipinski definition) is 5. The molecule has 23 heavy (non-hydrogen) atoms. The molecule has 0 spiro atoms. The molecule has 1 atom stereocenters. The zero-order valence-corrected chi connectivity index (χ0v) is 13.7. The molecule has 0 aliphatic heterocycles. The Morgan fingerprint density at radius 2 is 2.35 bits per heavy atom. The first-order valence-corrected chi connectivity index (χ1v) is 8.35. The number of hydrogen-bond donors (Lipinski definition) is 2. The summed E-state index contributed by atoms with van der Waals surface area (Å²) in [6.07, 6.45) is 1.12. The molecule has 2 rings (SSSR count). The third kappa shape index (κ3) is 5.30. The molecule has 0 radical (unpaired) electrons. The zero-order valence-electron chi connectivity index (χ0n) is 12.9. The summed E-state index contributed by atoms with van der Waals surface area (Å²) in [7, 11) is 0. The van der Waals surface area contributed by atoms with Crippen molar-refractivity contribution in [2.75, 3.05) is 13.1 Å². The lowest BCUT2D eigenvalue weighted by molar-refractivity contribution is 0.0921. The van der Waals surface area contributed by atoms with Crippen LogP contribution in [0, 0.1) is 5.82 Å². The van der Waals surface area contributed by atoms with E-state index in [2.05, 4.69) is 10.3 Å². The van der Waals surface area contributed by atoms with Crippen LogP contribution in [0.4, 0.5) is 4.39 Å². The molecule has 1 heterocycles. The number of thiazole rings is 1. The Hall–Kier alpha value is -1.99. The molecule has 3 N–H and O–H groups in total. The molecule has 2 aromatic rings. The number of benzene rings is 1. The smallest absolute Gasteiger partial charge is 0.270 e. The van der Waals surface area contributed by atoms with Gasteiger partial charge < -0.3 is 15.8 Å². The van der Waals surface area contributed by atoms with Gasteiger partial charge in [0.25, 0.3) is 5.91 Å². The van der Waals surface area contributed by atoms with Gasteiger partial charge in [0.15, 0.2) is 0 Å². The number of amides is 1. The molecule has 1 aromatic carbocycles. The van der Waals surface area contributed by atoms with E-state index in [0.717, 1.165) is 5.01 Å². The van der Waals surface area contributed by atoms with Crippen molar-refractivity contribution in [2.45, 2.75) is 25.9 Å². The van der Waals surface area contributed by atoms with Crippen LogP contribution in [0.5, 0.6) is 5.75 Å². The fourth-order valence-corrected chi connectivity index (χ4v) is 2.75. The van der Waals surface area contributed by atoms with E-state index >= 15 is 0 Å². The van der Waals surface area contributed by atoms with E-state index in [1.165, 1.54) is 23.5 Å². The highest BCUT2D eigenvalue weighted by Crippen LogP contribution is 2.15. The first-order chi connectivity index (χ1) is 11.1. The Kier molecular flexibility index (Phi) is 6.49. The van der Waals surface area contributed by atoms with E-state index in [4.69, 9.17) is 10.5 Å². The number of nitrogens with one attached hydrogen (secondary N) is 1. The predicted molar refractivity (Wildman–Crippen MR) is 88.3 cm³/mol. The second kappa shape index (κ2) is 8.59. The molecule has 0 fully saturated rings. The number of nitrogens with zero attached hydrogens (tertiary/aromatic N) is 1. The molecule has 0 saturated carbocycles. The molecule has 1 unspecified atom stereocenters. The second-order valence-electron chi connectivity index (χ2n) is 4.98. The minimum atomic E-state index is -0.351. The summed E-state index contributed by atoms with van der Waals surface area (Å²) >= 11 is 1.42. The molecular weight excluding hydrogens is 317 g/mol. The second-order valence-corrected chi connectivity index (χ2v) is 5.92. The minimum absolute atomic E-state index is 0.233. The molecule has 0 aliphatic rings. The first kappa shape index (κ1) is 17.4. The van der Waals surface area contributed by atoms with Gasteiger partial charge >= 0.3 is 0 Å². The summed E-state index contributed by atoms with van der Waals surface area (Å²) in [5.74, 6) is -0.146. The number of aromatic nitrogens is 1. The largest absolute Gasteiger partial charge is 0.489 e. The number of halogens is 1. The molecule has 7 heteroatoms. The normalized spacial score (nSPS) is 12.0. The molecule has 5 nitrogen and oxygen atoms in total. The SMILES string of the molecule is CCC(CNC(=O)c1csc(CCN)n1)Oc1cccc(F)c1. The number of carbonyl (C=O) groups excluding carboxylic acids is 1. The van der Waals surface area contributed by atoms with Crippen LogP contribution >= 0.6 is 11.3 Å². The molecule has 0 bridgehead atoms. The molecule has 1 amide bonds. The van der Waals surface area contributed by atoms with E-state index in [1.54, 1.807) is 17.5 Å². The van der Waals surface area contributed by atoms with Gasteiger partial charge in [0, 0.05) is 17.9 Å². The number of rotatable bonds is 8. The molecular formula is C16H20FN3O2S. The Balaban J connectivity index is 1.87.